The van der Waals surface area contributed by atoms with Crippen molar-refractivity contribution >= 4 is 23.4 Å². The number of amides is 3. The van der Waals surface area contributed by atoms with Crippen molar-refractivity contribution in [3.8, 4) is 0 Å². The summed E-state index contributed by atoms with van der Waals surface area (Å²) in [6.45, 7) is 0.731. The molecule has 28 heavy (non-hydrogen) atoms. The Kier molecular flexibility index (Phi) is 4.63. The zero-order valence-corrected chi connectivity index (χ0v) is 14.4. The molecular weight excluding hydrogens is 376 g/mol. The van der Waals surface area contributed by atoms with Crippen LogP contribution in [0, 0.1) is 21.7 Å². The van der Waals surface area contributed by atoms with Crippen LogP contribution in [0.2, 0.25) is 0 Å². The number of nitro benzene ring substituents is 1. The van der Waals surface area contributed by atoms with E-state index in [-0.39, 0.29) is 11.3 Å². The summed E-state index contributed by atoms with van der Waals surface area (Å²) < 4.78 is 26.3. The lowest BCUT2D eigenvalue weighted by Gasteiger charge is -2.22. The molecule has 0 bridgehead atoms. The first-order valence-electron chi connectivity index (χ1n) is 8.01. The van der Waals surface area contributed by atoms with Crippen LogP contribution in [0.5, 0.6) is 0 Å². The second kappa shape index (κ2) is 6.80. The number of benzene rings is 2. The maximum absolute atomic E-state index is 13.3. The van der Waals surface area contributed by atoms with Crippen LogP contribution in [0.1, 0.15) is 22.8 Å². The number of halogens is 2. The maximum atomic E-state index is 13.3. The Hall–Kier alpha value is -3.69. The van der Waals surface area contributed by atoms with Crippen LogP contribution in [0.3, 0.4) is 0 Å². The normalized spacial score (nSPS) is 18.9. The number of non-ortho nitro benzene ring substituents is 1. The van der Waals surface area contributed by atoms with Crippen molar-refractivity contribution in [2.24, 2.45) is 0 Å². The minimum atomic E-state index is -1.53. The standard InChI is InChI=1S/C18H13F2N3O5/c1-18(11-3-5-12(6-4-11)23(27)28)16(25)22(17(26)21-18)9-15(24)10-2-7-13(19)14(20)8-10/h2-8H,9H2,1H3,(H,21,26)/t18-/m0/s1. The monoisotopic (exact) mass is 389 g/mol. The van der Waals surface area contributed by atoms with Gasteiger partial charge in [-0.25, -0.2) is 13.6 Å². The molecule has 0 radical (unpaired) electrons. The molecule has 3 rings (SSSR count). The first kappa shape index (κ1) is 19.1. The minimum absolute atomic E-state index is 0.186. The highest BCUT2D eigenvalue weighted by molar-refractivity contribution is 6.11. The Morgan fingerprint density at radius 1 is 1.14 bits per heavy atom. The molecule has 0 unspecified atom stereocenters. The van der Waals surface area contributed by atoms with E-state index in [0.29, 0.717) is 16.5 Å². The van der Waals surface area contributed by atoms with Gasteiger partial charge < -0.3 is 5.32 Å². The predicted molar refractivity (Wildman–Crippen MR) is 91.4 cm³/mol. The van der Waals surface area contributed by atoms with Crippen molar-refractivity contribution in [3.63, 3.8) is 0 Å². The Morgan fingerprint density at radius 3 is 2.36 bits per heavy atom. The summed E-state index contributed by atoms with van der Waals surface area (Å²) in [6.07, 6.45) is 0. The first-order valence-corrected chi connectivity index (χ1v) is 8.01. The minimum Gasteiger partial charge on any atom is -0.319 e. The van der Waals surface area contributed by atoms with Crippen LogP contribution >= 0.6 is 0 Å². The number of urea groups is 1. The van der Waals surface area contributed by atoms with E-state index in [2.05, 4.69) is 5.32 Å². The number of hydrogen-bond donors (Lipinski definition) is 1. The van der Waals surface area contributed by atoms with Gasteiger partial charge in [-0.15, -0.1) is 0 Å². The number of Topliss-reactive ketones (excluding diaryl/α,β-unsaturated/α-hetero) is 1. The molecule has 1 heterocycles. The molecule has 1 aliphatic rings. The quantitative estimate of drug-likeness (QED) is 0.366. The summed E-state index contributed by atoms with van der Waals surface area (Å²) in [5, 5.41) is 13.2. The number of carbonyl (C=O) groups is 3. The van der Waals surface area contributed by atoms with E-state index in [9.17, 15) is 33.3 Å². The highest BCUT2D eigenvalue weighted by atomic mass is 19.2. The molecule has 3 amide bonds. The average Bonchev–Trinajstić information content (AvgIpc) is 2.88. The van der Waals surface area contributed by atoms with Crippen LogP contribution < -0.4 is 5.32 Å². The summed E-state index contributed by atoms with van der Waals surface area (Å²) in [6, 6.07) is 6.70. The second-order valence-electron chi connectivity index (χ2n) is 6.30. The number of imide groups is 1. The van der Waals surface area contributed by atoms with Crippen molar-refractivity contribution in [2.45, 2.75) is 12.5 Å². The third-order valence-corrected chi connectivity index (χ3v) is 4.47. The van der Waals surface area contributed by atoms with Gasteiger partial charge in [0.1, 0.15) is 5.54 Å². The third-order valence-electron chi connectivity index (χ3n) is 4.47. The molecule has 1 N–H and O–H groups in total. The Balaban J connectivity index is 1.83. The molecular formula is C18H13F2N3O5. The summed E-state index contributed by atoms with van der Waals surface area (Å²) in [4.78, 5) is 48.1. The number of nitro groups is 1. The van der Waals surface area contributed by atoms with E-state index in [1.165, 1.54) is 31.2 Å². The summed E-state index contributed by atoms with van der Waals surface area (Å²) >= 11 is 0. The predicted octanol–water partition coefficient (Wildman–Crippen LogP) is 2.52. The number of nitrogens with zero attached hydrogens (tertiary/aromatic N) is 2. The van der Waals surface area contributed by atoms with Gasteiger partial charge in [0.05, 0.1) is 11.5 Å². The lowest BCUT2D eigenvalue weighted by atomic mass is 9.92. The number of ketones is 1. The molecule has 2 aromatic rings. The molecule has 1 aliphatic heterocycles. The van der Waals surface area contributed by atoms with E-state index in [1.54, 1.807) is 0 Å². The van der Waals surface area contributed by atoms with Crippen molar-refractivity contribution in [2.75, 3.05) is 6.54 Å². The van der Waals surface area contributed by atoms with Crippen LogP contribution in [-0.4, -0.2) is 34.1 Å². The Morgan fingerprint density at radius 2 is 1.79 bits per heavy atom. The van der Waals surface area contributed by atoms with Gasteiger partial charge in [0.15, 0.2) is 17.4 Å². The molecule has 10 heteroatoms. The lowest BCUT2D eigenvalue weighted by molar-refractivity contribution is -0.384. The third kappa shape index (κ3) is 3.20. The average molecular weight is 389 g/mol. The van der Waals surface area contributed by atoms with Gasteiger partial charge in [-0.05, 0) is 42.8 Å². The molecule has 0 saturated carbocycles. The molecule has 0 aromatic heterocycles. The molecule has 0 aliphatic carbocycles. The van der Waals surface area contributed by atoms with Gasteiger partial charge in [-0.3, -0.25) is 24.6 Å². The highest BCUT2D eigenvalue weighted by Crippen LogP contribution is 2.30. The van der Waals surface area contributed by atoms with Crippen molar-refractivity contribution in [3.05, 3.63) is 75.3 Å². The van der Waals surface area contributed by atoms with Crippen molar-refractivity contribution < 1.29 is 28.1 Å². The van der Waals surface area contributed by atoms with Crippen LogP contribution in [-0.2, 0) is 10.3 Å². The Labute approximate surface area is 156 Å². The second-order valence-corrected chi connectivity index (χ2v) is 6.30. The number of carbonyl (C=O) groups excluding carboxylic acids is 3. The van der Waals surface area contributed by atoms with Gasteiger partial charge in [-0.2, -0.15) is 0 Å². The van der Waals surface area contributed by atoms with Crippen molar-refractivity contribution in [1.82, 2.24) is 10.2 Å². The fourth-order valence-corrected chi connectivity index (χ4v) is 2.86. The molecule has 1 saturated heterocycles. The molecule has 0 spiro atoms. The molecule has 1 fully saturated rings. The lowest BCUT2D eigenvalue weighted by Crippen LogP contribution is -2.41. The van der Waals surface area contributed by atoms with Gasteiger partial charge in [-0.1, -0.05) is 0 Å². The van der Waals surface area contributed by atoms with E-state index >= 15 is 0 Å². The fraction of sp³-hybridized carbons (Fsp3) is 0.167. The fourth-order valence-electron chi connectivity index (χ4n) is 2.86. The largest absolute Gasteiger partial charge is 0.325 e. The zero-order valence-electron chi connectivity index (χ0n) is 14.4. The number of nitrogens with one attached hydrogen (secondary N) is 1. The summed E-state index contributed by atoms with van der Waals surface area (Å²) in [5.74, 6) is -3.85. The summed E-state index contributed by atoms with van der Waals surface area (Å²) in [5.41, 5.74) is -1.61. The zero-order chi connectivity index (χ0) is 20.6. The molecule has 8 nitrogen and oxygen atoms in total. The van der Waals surface area contributed by atoms with E-state index in [0.717, 1.165) is 12.1 Å². The van der Waals surface area contributed by atoms with E-state index in [1.807, 2.05) is 0 Å². The SMILES string of the molecule is C[C@@]1(c2ccc([N+](=O)[O-])cc2)NC(=O)N(CC(=O)c2ccc(F)c(F)c2)C1=O. The van der Waals surface area contributed by atoms with Gasteiger partial charge in [0.25, 0.3) is 11.6 Å². The maximum Gasteiger partial charge on any atom is 0.325 e. The van der Waals surface area contributed by atoms with E-state index < -0.39 is 46.4 Å². The number of rotatable bonds is 5. The van der Waals surface area contributed by atoms with Crippen LogP contribution in [0.25, 0.3) is 0 Å². The highest BCUT2D eigenvalue weighted by Gasteiger charge is 2.49. The summed E-state index contributed by atoms with van der Waals surface area (Å²) in [7, 11) is 0. The van der Waals surface area contributed by atoms with Gasteiger partial charge in [0.2, 0.25) is 0 Å². The first-order chi connectivity index (χ1) is 13.1. The Bertz CT molecular complexity index is 1010. The molecule has 1 atom stereocenters. The number of hydrogen-bond acceptors (Lipinski definition) is 5. The molecule has 2 aromatic carbocycles. The van der Waals surface area contributed by atoms with Crippen LogP contribution in [0.4, 0.5) is 19.3 Å². The molecule has 144 valence electrons. The topological polar surface area (TPSA) is 110 Å². The van der Waals surface area contributed by atoms with E-state index in [4.69, 9.17) is 0 Å². The van der Waals surface area contributed by atoms with Crippen LogP contribution in [0.15, 0.2) is 42.5 Å². The van der Waals surface area contributed by atoms with Gasteiger partial charge in [0, 0.05) is 17.7 Å². The van der Waals surface area contributed by atoms with Crippen molar-refractivity contribution in [1.29, 1.82) is 0 Å². The smallest absolute Gasteiger partial charge is 0.319 e. The van der Waals surface area contributed by atoms with Gasteiger partial charge >= 0.3 is 6.03 Å².